The molecular weight excluding hydrogens is 468 g/mol. The third-order valence-corrected chi connectivity index (χ3v) is 12.4. The lowest BCUT2D eigenvalue weighted by atomic mass is 10.0. The summed E-state index contributed by atoms with van der Waals surface area (Å²) in [5.41, 5.74) is 0.369. The van der Waals surface area contributed by atoms with Crippen LogP contribution < -0.4 is 10.4 Å². The van der Waals surface area contributed by atoms with E-state index >= 15 is 0 Å². The first-order valence-electron chi connectivity index (χ1n) is 12.6. The predicted molar refractivity (Wildman–Crippen MR) is 143 cm³/mol. The van der Waals surface area contributed by atoms with Crippen LogP contribution in [0.15, 0.2) is 91.0 Å². The van der Waals surface area contributed by atoms with Crippen molar-refractivity contribution in [3.63, 3.8) is 0 Å². The molecule has 36 heavy (non-hydrogen) atoms. The van der Waals surface area contributed by atoms with E-state index in [1.54, 1.807) is 7.11 Å². The van der Waals surface area contributed by atoms with Crippen molar-refractivity contribution in [1.82, 2.24) is 0 Å². The third kappa shape index (κ3) is 4.47. The van der Waals surface area contributed by atoms with Crippen LogP contribution in [0.5, 0.6) is 0 Å². The van der Waals surface area contributed by atoms with Gasteiger partial charge in [0.25, 0.3) is 8.32 Å². The zero-order valence-corrected chi connectivity index (χ0v) is 22.6. The van der Waals surface area contributed by atoms with Crippen LogP contribution in [0.1, 0.15) is 26.3 Å². The Balaban J connectivity index is 1.49. The summed E-state index contributed by atoms with van der Waals surface area (Å²) in [5.74, 6) is 0. The first-order chi connectivity index (χ1) is 17.4. The molecule has 0 amide bonds. The van der Waals surface area contributed by atoms with E-state index in [4.69, 9.17) is 23.4 Å². The molecule has 3 aromatic carbocycles. The molecule has 5 nitrogen and oxygen atoms in total. The molecule has 4 atom stereocenters. The zero-order valence-electron chi connectivity index (χ0n) is 21.6. The minimum absolute atomic E-state index is 0.134. The summed E-state index contributed by atoms with van der Waals surface area (Å²) in [4.78, 5) is 0. The van der Waals surface area contributed by atoms with E-state index in [1.165, 1.54) is 10.4 Å². The molecule has 0 aromatic heterocycles. The Morgan fingerprint density at radius 2 is 1.42 bits per heavy atom. The molecule has 3 aromatic rings. The molecule has 5 rings (SSSR count). The molecule has 0 saturated carbocycles. The molecule has 0 unspecified atom stereocenters. The number of ether oxygens (including phenoxy) is 4. The maximum atomic E-state index is 7.24. The third-order valence-electron chi connectivity index (χ3n) is 7.41. The van der Waals surface area contributed by atoms with Crippen LogP contribution in [0.25, 0.3) is 0 Å². The lowest BCUT2D eigenvalue weighted by Gasteiger charge is -2.45. The molecule has 2 bridgehead atoms. The maximum Gasteiger partial charge on any atom is 0.261 e. The Morgan fingerprint density at radius 1 is 0.861 bits per heavy atom. The van der Waals surface area contributed by atoms with Crippen LogP contribution in [0, 0.1) is 0 Å². The largest absolute Gasteiger partial charge is 0.404 e. The molecule has 0 spiro atoms. The molecule has 2 heterocycles. The van der Waals surface area contributed by atoms with E-state index in [0.717, 1.165) is 5.56 Å². The molecule has 190 valence electrons. The normalized spacial score (nSPS) is 25.8. The molecule has 2 aliphatic heterocycles. The van der Waals surface area contributed by atoms with E-state index in [9.17, 15) is 0 Å². The number of hydrogen-bond acceptors (Lipinski definition) is 5. The predicted octanol–water partition coefficient (Wildman–Crippen LogP) is 4.29. The summed E-state index contributed by atoms with van der Waals surface area (Å²) in [5, 5.41) is 2.34. The quantitative estimate of drug-likeness (QED) is 0.407. The van der Waals surface area contributed by atoms with Gasteiger partial charge in [-0.2, -0.15) is 0 Å². The van der Waals surface area contributed by atoms with Crippen molar-refractivity contribution in [3.05, 3.63) is 96.6 Å². The second-order valence-corrected chi connectivity index (χ2v) is 15.0. The van der Waals surface area contributed by atoms with Gasteiger partial charge in [-0.05, 0) is 21.0 Å². The Morgan fingerprint density at radius 3 is 1.94 bits per heavy atom. The van der Waals surface area contributed by atoms with Gasteiger partial charge in [0, 0.05) is 7.11 Å². The highest BCUT2D eigenvalue weighted by Crippen LogP contribution is 2.45. The zero-order chi connectivity index (χ0) is 25.2. The lowest BCUT2D eigenvalue weighted by Crippen LogP contribution is -2.68. The van der Waals surface area contributed by atoms with Crippen LogP contribution in [0.3, 0.4) is 0 Å². The number of methoxy groups -OCH3 is 1. The molecule has 2 aliphatic rings. The van der Waals surface area contributed by atoms with E-state index in [1.807, 2.05) is 18.2 Å². The molecule has 2 fully saturated rings. The average molecular weight is 505 g/mol. The molecule has 6 heteroatoms. The second kappa shape index (κ2) is 10.2. The molecule has 0 aliphatic carbocycles. The number of hydrogen-bond donors (Lipinski definition) is 0. The first-order valence-corrected chi connectivity index (χ1v) is 14.5. The molecule has 0 N–H and O–H groups in total. The highest BCUT2D eigenvalue weighted by molar-refractivity contribution is 6.99. The van der Waals surface area contributed by atoms with Gasteiger partial charge in [-0.15, -0.1) is 0 Å². The summed E-state index contributed by atoms with van der Waals surface area (Å²) in [6, 6.07) is 31.5. The Hall–Kier alpha value is -2.32. The minimum atomic E-state index is -2.74. The fraction of sp³-hybridized carbons (Fsp3) is 0.400. The van der Waals surface area contributed by atoms with Gasteiger partial charge in [0.2, 0.25) is 0 Å². The standard InChI is InChI=1S/C30H36O5Si/c1-29(2,3)36(24-16-10-6-11-17-24,25-18-12-7-13-19-25)34-22-30-21-33-26(28(31-4)35-30)27(30)32-20-23-14-8-5-9-15-23/h5-19,26-28H,20-22H2,1-4H3/t26-,27+,28-,30-/m1/s1. The van der Waals surface area contributed by atoms with Crippen LogP contribution in [0.2, 0.25) is 5.04 Å². The fourth-order valence-electron chi connectivity index (χ4n) is 5.67. The summed E-state index contributed by atoms with van der Waals surface area (Å²) >= 11 is 0. The monoisotopic (exact) mass is 504 g/mol. The van der Waals surface area contributed by atoms with Gasteiger partial charge in [-0.25, -0.2) is 0 Å². The summed E-state index contributed by atoms with van der Waals surface area (Å²) < 4.78 is 32.1. The van der Waals surface area contributed by atoms with E-state index in [-0.39, 0.29) is 17.2 Å². The van der Waals surface area contributed by atoms with Gasteiger partial charge in [0.1, 0.15) is 17.8 Å². The Labute approximate surface area is 215 Å². The summed E-state index contributed by atoms with van der Waals surface area (Å²) in [6.07, 6.45) is -1.07. The van der Waals surface area contributed by atoms with Gasteiger partial charge in [-0.3, -0.25) is 0 Å². The van der Waals surface area contributed by atoms with Gasteiger partial charge >= 0.3 is 0 Å². The number of rotatable bonds is 9. The highest BCUT2D eigenvalue weighted by Gasteiger charge is 2.64. The van der Waals surface area contributed by atoms with Gasteiger partial charge in [-0.1, -0.05) is 112 Å². The van der Waals surface area contributed by atoms with Crippen molar-refractivity contribution in [1.29, 1.82) is 0 Å². The topological polar surface area (TPSA) is 46.2 Å². The van der Waals surface area contributed by atoms with Crippen molar-refractivity contribution < 1.29 is 23.4 Å². The van der Waals surface area contributed by atoms with Crippen LogP contribution in [-0.2, 0) is 30.0 Å². The van der Waals surface area contributed by atoms with Crippen molar-refractivity contribution in [2.24, 2.45) is 0 Å². The minimum Gasteiger partial charge on any atom is -0.404 e. The van der Waals surface area contributed by atoms with Crippen molar-refractivity contribution in [2.75, 3.05) is 20.3 Å². The van der Waals surface area contributed by atoms with E-state index in [2.05, 4.69) is 93.6 Å². The molecular formula is C30H36O5Si. The average Bonchev–Trinajstić information content (AvgIpc) is 3.40. The number of benzene rings is 3. The maximum absolute atomic E-state index is 7.24. The van der Waals surface area contributed by atoms with Crippen LogP contribution in [0.4, 0.5) is 0 Å². The van der Waals surface area contributed by atoms with E-state index < -0.39 is 20.2 Å². The van der Waals surface area contributed by atoms with Crippen LogP contribution >= 0.6 is 0 Å². The highest BCUT2D eigenvalue weighted by atomic mass is 28.4. The lowest BCUT2D eigenvalue weighted by molar-refractivity contribution is -0.241. The van der Waals surface area contributed by atoms with Gasteiger partial charge in [0.15, 0.2) is 6.29 Å². The van der Waals surface area contributed by atoms with E-state index in [0.29, 0.717) is 19.8 Å². The molecule has 0 radical (unpaired) electrons. The Kier molecular flexibility index (Phi) is 7.18. The van der Waals surface area contributed by atoms with Crippen molar-refractivity contribution in [3.8, 4) is 0 Å². The van der Waals surface area contributed by atoms with Gasteiger partial charge in [0.05, 0.1) is 19.8 Å². The van der Waals surface area contributed by atoms with Crippen molar-refractivity contribution >= 4 is 18.7 Å². The van der Waals surface area contributed by atoms with Crippen molar-refractivity contribution in [2.45, 2.75) is 56.5 Å². The summed E-state index contributed by atoms with van der Waals surface area (Å²) in [7, 11) is -1.09. The van der Waals surface area contributed by atoms with Crippen LogP contribution in [-0.4, -0.2) is 52.7 Å². The second-order valence-electron chi connectivity index (χ2n) is 10.7. The summed E-state index contributed by atoms with van der Waals surface area (Å²) in [6.45, 7) is 8.09. The SMILES string of the molecule is CO[C@@H]1O[C@@]2(CO[Si](c3ccccc3)(c3ccccc3)C(C)(C)C)CO[C@@H]1[C@@H]2OCc1ccccc1. The first kappa shape index (κ1) is 25.3. The Bertz CT molecular complexity index is 1080. The fourth-order valence-corrected chi connectivity index (χ4v) is 10.3. The smallest absolute Gasteiger partial charge is 0.261 e. The number of fused-ring (bicyclic) bond motifs is 2. The molecule has 2 saturated heterocycles. The van der Waals surface area contributed by atoms with Gasteiger partial charge < -0.3 is 23.4 Å².